The third kappa shape index (κ3) is 3.58. The van der Waals surface area contributed by atoms with E-state index in [2.05, 4.69) is 15.9 Å². The van der Waals surface area contributed by atoms with Crippen molar-refractivity contribution in [2.24, 2.45) is 0 Å². The van der Waals surface area contributed by atoms with Crippen molar-refractivity contribution in [3.8, 4) is 0 Å². The molecule has 0 bridgehead atoms. The van der Waals surface area contributed by atoms with Crippen LogP contribution in [0.25, 0.3) is 0 Å². The highest BCUT2D eigenvalue weighted by Crippen LogP contribution is 2.26. The van der Waals surface area contributed by atoms with Crippen molar-refractivity contribution in [2.75, 3.05) is 17.6 Å². The molecular formula is C14H20BrNO2S. The largest absolute Gasteiger partial charge is 0.214 e. The van der Waals surface area contributed by atoms with E-state index >= 15 is 0 Å². The monoisotopic (exact) mass is 345 g/mol. The van der Waals surface area contributed by atoms with Crippen LogP contribution in [0.2, 0.25) is 0 Å². The molecule has 19 heavy (non-hydrogen) atoms. The Morgan fingerprint density at radius 2 is 2.05 bits per heavy atom. The molecule has 0 radical (unpaired) electrons. The predicted molar refractivity (Wildman–Crippen MR) is 82.2 cm³/mol. The van der Waals surface area contributed by atoms with E-state index in [0.717, 1.165) is 23.7 Å². The molecule has 1 heterocycles. The molecule has 1 aromatic carbocycles. The molecule has 0 N–H and O–H groups in total. The predicted octanol–water partition coefficient (Wildman–Crippen LogP) is 2.98. The summed E-state index contributed by atoms with van der Waals surface area (Å²) >= 11 is 3.41. The van der Waals surface area contributed by atoms with Gasteiger partial charge in [0, 0.05) is 17.9 Å². The molecular weight excluding hydrogens is 326 g/mol. The van der Waals surface area contributed by atoms with Crippen LogP contribution in [0, 0.1) is 0 Å². The number of nitrogens with zero attached hydrogens (tertiary/aromatic N) is 1. The molecule has 2 rings (SSSR count). The third-order valence-electron chi connectivity index (χ3n) is 3.69. The Labute approximate surface area is 124 Å². The van der Waals surface area contributed by atoms with Crippen molar-refractivity contribution >= 4 is 26.0 Å². The lowest BCUT2D eigenvalue weighted by molar-refractivity contribution is 0.412. The van der Waals surface area contributed by atoms with Gasteiger partial charge in [0.1, 0.15) is 0 Å². The SMILES string of the molecule is CC(CS(=O)(=O)N1CCCC1CBr)c1ccccc1. The summed E-state index contributed by atoms with van der Waals surface area (Å²) in [5, 5.41) is 0.728. The Kier molecular flexibility index (Phi) is 5.03. The van der Waals surface area contributed by atoms with E-state index in [-0.39, 0.29) is 17.7 Å². The normalized spacial score (nSPS) is 22.5. The fourth-order valence-electron chi connectivity index (χ4n) is 2.62. The number of benzene rings is 1. The van der Waals surface area contributed by atoms with Crippen molar-refractivity contribution in [2.45, 2.75) is 31.7 Å². The Bertz CT molecular complexity index is 503. The molecule has 2 atom stereocenters. The quantitative estimate of drug-likeness (QED) is 0.769. The first kappa shape index (κ1) is 15.0. The van der Waals surface area contributed by atoms with Crippen LogP contribution in [-0.4, -0.2) is 36.4 Å². The summed E-state index contributed by atoms with van der Waals surface area (Å²) in [6, 6.07) is 9.98. The standard InChI is InChI=1S/C14H20BrNO2S/c1-12(13-6-3-2-4-7-13)11-19(17,18)16-9-5-8-14(16)10-15/h2-4,6-7,12,14H,5,8-11H2,1H3. The highest BCUT2D eigenvalue weighted by Gasteiger charge is 2.34. The second-order valence-corrected chi connectivity index (χ2v) is 7.77. The molecule has 2 unspecified atom stereocenters. The van der Waals surface area contributed by atoms with E-state index in [1.54, 1.807) is 4.31 Å². The van der Waals surface area contributed by atoms with Crippen LogP contribution in [0.3, 0.4) is 0 Å². The summed E-state index contributed by atoms with van der Waals surface area (Å²) in [6.07, 6.45) is 1.93. The second kappa shape index (κ2) is 6.37. The van der Waals surface area contributed by atoms with Gasteiger partial charge < -0.3 is 0 Å². The highest BCUT2D eigenvalue weighted by atomic mass is 79.9. The highest BCUT2D eigenvalue weighted by molar-refractivity contribution is 9.09. The average molecular weight is 346 g/mol. The Morgan fingerprint density at radius 1 is 1.37 bits per heavy atom. The first-order valence-electron chi connectivity index (χ1n) is 6.65. The van der Waals surface area contributed by atoms with Gasteiger partial charge in [0.25, 0.3) is 0 Å². The minimum atomic E-state index is -3.17. The zero-order chi connectivity index (χ0) is 13.9. The molecule has 0 spiro atoms. The number of alkyl halides is 1. The molecule has 1 saturated heterocycles. The van der Waals surface area contributed by atoms with Gasteiger partial charge in [-0.05, 0) is 24.3 Å². The van der Waals surface area contributed by atoms with Gasteiger partial charge in [0.15, 0.2) is 0 Å². The summed E-state index contributed by atoms with van der Waals surface area (Å²) in [5.74, 6) is 0.225. The van der Waals surface area contributed by atoms with Gasteiger partial charge >= 0.3 is 0 Å². The van der Waals surface area contributed by atoms with Gasteiger partial charge in [0.2, 0.25) is 10.0 Å². The number of sulfonamides is 1. The van der Waals surface area contributed by atoms with Crippen molar-refractivity contribution in [3.05, 3.63) is 35.9 Å². The Morgan fingerprint density at radius 3 is 2.68 bits per heavy atom. The zero-order valence-electron chi connectivity index (χ0n) is 11.1. The third-order valence-corrected chi connectivity index (χ3v) is 6.55. The lowest BCUT2D eigenvalue weighted by atomic mass is 10.0. The van der Waals surface area contributed by atoms with Crippen LogP contribution in [0.1, 0.15) is 31.2 Å². The molecule has 3 nitrogen and oxygen atoms in total. The number of rotatable bonds is 5. The van der Waals surface area contributed by atoms with Crippen molar-refractivity contribution in [3.63, 3.8) is 0 Å². The molecule has 0 saturated carbocycles. The zero-order valence-corrected chi connectivity index (χ0v) is 13.5. The summed E-state index contributed by atoms with van der Waals surface area (Å²) in [7, 11) is -3.17. The minimum absolute atomic E-state index is 0.0303. The lowest BCUT2D eigenvalue weighted by Crippen LogP contribution is -2.39. The molecule has 106 valence electrons. The Hall–Kier alpha value is -0.390. The van der Waals surface area contributed by atoms with Crippen LogP contribution in [0.4, 0.5) is 0 Å². The first-order valence-corrected chi connectivity index (χ1v) is 9.38. The van der Waals surface area contributed by atoms with Crippen molar-refractivity contribution in [1.29, 1.82) is 0 Å². The van der Waals surface area contributed by atoms with Crippen LogP contribution in [0.5, 0.6) is 0 Å². The van der Waals surface area contributed by atoms with Gasteiger partial charge in [0.05, 0.1) is 5.75 Å². The van der Waals surface area contributed by atoms with Crippen molar-refractivity contribution < 1.29 is 8.42 Å². The summed E-state index contributed by atoms with van der Waals surface area (Å²) in [6.45, 7) is 2.65. The second-order valence-electron chi connectivity index (χ2n) is 5.15. The molecule has 1 aliphatic heterocycles. The minimum Gasteiger partial charge on any atom is -0.212 e. The Balaban J connectivity index is 2.09. The molecule has 0 aromatic heterocycles. The molecule has 1 aromatic rings. The average Bonchev–Trinajstić information content (AvgIpc) is 2.88. The van der Waals surface area contributed by atoms with E-state index in [9.17, 15) is 8.42 Å². The van der Waals surface area contributed by atoms with Crippen molar-refractivity contribution in [1.82, 2.24) is 4.31 Å². The van der Waals surface area contributed by atoms with E-state index in [1.807, 2.05) is 37.3 Å². The maximum absolute atomic E-state index is 12.5. The number of hydrogen-bond donors (Lipinski definition) is 0. The van der Waals surface area contributed by atoms with Gasteiger partial charge in [-0.15, -0.1) is 0 Å². The molecule has 0 amide bonds. The summed E-state index contributed by atoms with van der Waals surface area (Å²) in [5.41, 5.74) is 1.08. The van der Waals surface area contributed by atoms with Gasteiger partial charge in [-0.1, -0.05) is 53.2 Å². The fourth-order valence-corrected chi connectivity index (χ4v) is 5.54. The number of hydrogen-bond acceptors (Lipinski definition) is 2. The van der Waals surface area contributed by atoms with Crippen LogP contribution in [-0.2, 0) is 10.0 Å². The summed E-state index contributed by atoms with van der Waals surface area (Å²) < 4.78 is 26.7. The van der Waals surface area contributed by atoms with Gasteiger partial charge in [-0.2, -0.15) is 4.31 Å². The van der Waals surface area contributed by atoms with E-state index in [1.165, 1.54) is 0 Å². The molecule has 5 heteroatoms. The first-order chi connectivity index (χ1) is 9.04. The summed E-state index contributed by atoms with van der Waals surface area (Å²) in [4.78, 5) is 0. The topological polar surface area (TPSA) is 37.4 Å². The van der Waals surface area contributed by atoms with Crippen LogP contribution >= 0.6 is 15.9 Å². The van der Waals surface area contributed by atoms with Crippen LogP contribution < -0.4 is 0 Å². The van der Waals surface area contributed by atoms with Gasteiger partial charge in [-0.25, -0.2) is 8.42 Å². The molecule has 0 aliphatic carbocycles. The van der Waals surface area contributed by atoms with E-state index in [0.29, 0.717) is 6.54 Å². The smallest absolute Gasteiger partial charge is 0.212 e. The fraction of sp³-hybridized carbons (Fsp3) is 0.571. The number of halogens is 1. The van der Waals surface area contributed by atoms with E-state index in [4.69, 9.17) is 0 Å². The van der Waals surface area contributed by atoms with Gasteiger partial charge in [-0.3, -0.25) is 0 Å². The molecule has 1 fully saturated rings. The maximum atomic E-state index is 12.5. The molecule has 1 aliphatic rings. The maximum Gasteiger partial charge on any atom is 0.214 e. The van der Waals surface area contributed by atoms with E-state index < -0.39 is 10.0 Å². The lowest BCUT2D eigenvalue weighted by Gasteiger charge is -2.24. The van der Waals surface area contributed by atoms with Crippen LogP contribution in [0.15, 0.2) is 30.3 Å².